The van der Waals surface area contributed by atoms with Gasteiger partial charge in [0.2, 0.25) is 0 Å². The second-order valence-corrected chi connectivity index (χ2v) is 13.4. The van der Waals surface area contributed by atoms with Crippen molar-refractivity contribution in [3.63, 3.8) is 0 Å². The summed E-state index contributed by atoms with van der Waals surface area (Å²) < 4.78 is 18.4. The second-order valence-electron chi connectivity index (χ2n) is 10.2. The molecule has 0 aromatic heterocycles. The lowest BCUT2D eigenvalue weighted by molar-refractivity contribution is 0.108. The molecule has 0 bridgehead atoms. The molecule has 3 aromatic carbocycles. The number of benzene rings is 3. The second kappa shape index (κ2) is 12.0. The number of hydrogen-bond donors (Lipinski definition) is 2. The quantitative estimate of drug-likeness (QED) is 0.155. The van der Waals surface area contributed by atoms with Gasteiger partial charge in [0.25, 0.3) is 0 Å². The third-order valence-electron chi connectivity index (χ3n) is 6.33. The summed E-state index contributed by atoms with van der Waals surface area (Å²) in [5.41, 5.74) is 2.69. The van der Waals surface area contributed by atoms with Crippen LogP contribution in [0.15, 0.2) is 72.8 Å². The maximum absolute atomic E-state index is 9.81. The zero-order chi connectivity index (χ0) is 26.3. The molecular formula is C30H40O5Si. The molecule has 0 amide bonds. The molecule has 5 nitrogen and oxygen atoms in total. The Morgan fingerprint density at radius 3 is 1.47 bits per heavy atom. The molecule has 6 heteroatoms. The van der Waals surface area contributed by atoms with E-state index in [-0.39, 0.29) is 23.7 Å². The molecule has 0 saturated heterocycles. The van der Waals surface area contributed by atoms with Crippen molar-refractivity contribution < 1.29 is 23.8 Å². The maximum Gasteiger partial charge on any atom is 0.335 e. The highest BCUT2D eigenvalue weighted by Crippen LogP contribution is 2.40. The Labute approximate surface area is 216 Å². The standard InChI is InChI=1S/C30H40O5Si/c1-22(2)34-36(6,35-23(3)4)21-7-20-33-29-18-12-26(13-19-29)30(5,24-8-14-27(31)15-9-24)25-10-16-28(32)17-11-25/h8-19,22-23,31-32H,7,20-21H2,1-6H3. The van der Waals surface area contributed by atoms with Gasteiger partial charge in [-0.05, 0) is 107 Å². The average Bonchev–Trinajstić information content (AvgIpc) is 2.81. The molecule has 0 spiro atoms. The first-order valence-electron chi connectivity index (χ1n) is 12.7. The van der Waals surface area contributed by atoms with E-state index in [2.05, 4.69) is 53.3 Å². The molecule has 0 aliphatic carbocycles. The van der Waals surface area contributed by atoms with Gasteiger partial charge in [-0.25, -0.2) is 0 Å². The number of phenols is 2. The molecule has 36 heavy (non-hydrogen) atoms. The van der Waals surface area contributed by atoms with Crippen LogP contribution in [0.3, 0.4) is 0 Å². The molecule has 0 fully saturated rings. The van der Waals surface area contributed by atoms with Crippen molar-refractivity contribution >= 4 is 8.56 Å². The van der Waals surface area contributed by atoms with Crippen LogP contribution in [0, 0.1) is 0 Å². The van der Waals surface area contributed by atoms with Gasteiger partial charge in [-0.2, -0.15) is 0 Å². The van der Waals surface area contributed by atoms with Crippen molar-refractivity contribution in [2.24, 2.45) is 0 Å². The third kappa shape index (κ3) is 7.12. The molecule has 3 aromatic rings. The molecule has 3 rings (SSSR count). The first-order chi connectivity index (χ1) is 17.0. The van der Waals surface area contributed by atoms with Crippen LogP contribution in [0.2, 0.25) is 12.6 Å². The van der Waals surface area contributed by atoms with E-state index in [1.807, 2.05) is 36.4 Å². The lowest BCUT2D eigenvalue weighted by atomic mass is 9.71. The van der Waals surface area contributed by atoms with E-state index in [9.17, 15) is 10.2 Å². The van der Waals surface area contributed by atoms with Gasteiger partial charge in [0.15, 0.2) is 0 Å². The van der Waals surface area contributed by atoms with Gasteiger partial charge in [-0.3, -0.25) is 0 Å². The fourth-order valence-electron chi connectivity index (χ4n) is 4.70. The molecule has 0 radical (unpaired) electrons. The Bertz CT molecular complexity index is 1020. The minimum Gasteiger partial charge on any atom is -0.508 e. The van der Waals surface area contributed by atoms with Crippen molar-refractivity contribution in [3.8, 4) is 17.2 Å². The summed E-state index contributed by atoms with van der Waals surface area (Å²) in [6.45, 7) is 13.1. The van der Waals surface area contributed by atoms with Crippen LogP contribution in [-0.2, 0) is 14.3 Å². The summed E-state index contributed by atoms with van der Waals surface area (Å²) in [6.07, 6.45) is 1.15. The monoisotopic (exact) mass is 508 g/mol. The van der Waals surface area contributed by atoms with Crippen LogP contribution >= 0.6 is 0 Å². The van der Waals surface area contributed by atoms with E-state index in [0.29, 0.717) is 6.61 Å². The summed E-state index contributed by atoms with van der Waals surface area (Å²) in [5, 5.41) is 19.6. The summed E-state index contributed by atoms with van der Waals surface area (Å²) >= 11 is 0. The van der Waals surface area contributed by atoms with Crippen molar-refractivity contribution in [3.05, 3.63) is 89.5 Å². The van der Waals surface area contributed by atoms with E-state index < -0.39 is 14.0 Å². The minimum atomic E-state index is -2.25. The molecule has 0 unspecified atom stereocenters. The van der Waals surface area contributed by atoms with Crippen molar-refractivity contribution in [2.75, 3.05) is 6.61 Å². The summed E-state index contributed by atoms with van der Waals surface area (Å²) in [5.74, 6) is 1.27. The zero-order valence-electron chi connectivity index (χ0n) is 22.3. The van der Waals surface area contributed by atoms with Crippen LogP contribution < -0.4 is 4.74 Å². The Morgan fingerprint density at radius 1 is 0.694 bits per heavy atom. The van der Waals surface area contributed by atoms with Crippen molar-refractivity contribution in [1.29, 1.82) is 0 Å². The van der Waals surface area contributed by atoms with E-state index in [1.165, 1.54) is 0 Å². The number of ether oxygens (including phenoxy) is 1. The summed E-state index contributed by atoms with van der Waals surface area (Å²) in [7, 11) is -2.25. The molecule has 0 saturated carbocycles. The maximum atomic E-state index is 9.81. The van der Waals surface area contributed by atoms with Crippen molar-refractivity contribution in [1.82, 2.24) is 0 Å². The Hall–Kier alpha value is -2.80. The fourth-order valence-corrected chi connectivity index (χ4v) is 7.77. The highest BCUT2D eigenvalue weighted by Gasteiger charge is 2.34. The van der Waals surface area contributed by atoms with Gasteiger partial charge in [0, 0.05) is 17.6 Å². The lowest BCUT2D eigenvalue weighted by Crippen LogP contribution is -2.43. The van der Waals surface area contributed by atoms with Crippen LogP contribution in [0.5, 0.6) is 17.2 Å². The minimum absolute atomic E-state index is 0.144. The van der Waals surface area contributed by atoms with Gasteiger partial charge >= 0.3 is 8.56 Å². The normalized spacial score (nSPS) is 12.3. The Balaban J connectivity index is 1.73. The molecule has 0 atom stereocenters. The summed E-state index contributed by atoms with van der Waals surface area (Å²) in [4.78, 5) is 0. The molecule has 194 valence electrons. The average molecular weight is 509 g/mol. The summed E-state index contributed by atoms with van der Waals surface area (Å²) in [6, 6.07) is 23.6. The van der Waals surface area contributed by atoms with Crippen molar-refractivity contribution in [2.45, 2.75) is 71.3 Å². The van der Waals surface area contributed by atoms with Gasteiger partial charge in [0.1, 0.15) is 17.2 Å². The van der Waals surface area contributed by atoms with E-state index in [0.717, 1.165) is 34.9 Å². The van der Waals surface area contributed by atoms with Gasteiger partial charge in [-0.15, -0.1) is 0 Å². The largest absolute Gasteiger partial charge is 0.508 e. The van der Waals surface area contributed by atoms with Crippen LogP contribution in [0.1, 0.15) is 57.7 Å². The molecular weight excluding hydrogens is 468 g/mol. The van der Waals surface area contributed by atoms with Gasteiger partial charge in [-0.1, -0.05) is 36.4 Å². The highest BCUT2D eigenvalue weighted by molar-refractivity contribution is 6.66. The predicted octanol–water partition coefficient (Wildman–Crippen LogP) is 7.14. The zero-order valence-corrected chi connectivity index (χ0v) is 23.3. The van der Waals surface area contributed by atoms with Crippen LogP contribution in [-0.4, -0.2) is 37.6 Å². The first-order valence-corrected chi connectivity index (χ1v) is 15.2. The molecule has 2 N–H and O–H groups in total. The molecule has 0 aliphatic rings. The Morgan fingerprint density at radius 2 is 1.08 bits per heavy atom. The number of phenolic OH excluding ortho intramolecular Hbond substituents is 2. The molecule has 0 heterocycles. The molecule has 0 aliphatic heterocycles. The fraction of sp³-hybridized carbons (Fsp3) is 0.400. The van der Waals surface area contributed by atoms with Crippen LogP contribution in [0.4, 0.5) is 0 Å². The number of aromatic hydroxyl groups is 2. The van der Waals surface area contributed by atoms with E-state index in [4.69, 9.17) is 13.6 Å². The van der Waals surface area contributed by atoms with Crippen LogP contribution in [0.25, 0.3) is 0 Å². The third-order valence-corrected chi connectivity index (χ3v) is 9.54. The predicted molar refractivity (Wildman–Crippen MR) is 147 cm³/mol. The van der Waals surface area contributed by atoms with E-state index in [1.54, 1.807) is 24.3 Å². The van der Waals surface area contributed by atoms with Gasteiger partial charge in [0.05, 0.1) is 6.61 Å². The van der Waals surface area contributed by atoms with Gasteiger partial charge < -0.3 is 23.8 Å². The number of hydrogen-bond acceptors (Lipinski definition) is 5. The lowest BCUT2D eigenvalue weighted by Gasteiger charge is -2.32. The smallest absolute Gasteiger partial charge is 0.335 e. The SMILES string of the molecule is CC(C)O[Si](C)(CCCOc1ccc(C(C)(c2ccc(O)cc2)c2ccc(O)cc2)cc1)OC(C)C. The topological polar surface area (TPSA) is 68.2 Å². The van der Waals surface area contributed by atoms with E-state index >= 15 is 0 Å². The Kier molecular flexibility index (Phi) is 9.22. The highest BCUT2D eigenvalue weighted by atomic mass is 28.4. The first kappa shape index (κ1) is 27.8. The number of rotatable bonds is 12.